The second-order valence-corrected chi connectivity index (χ2v) is 7.04. The third-order valence-corrected chi connectivity index (χ3v) is 5.04. The molecular formula is C19H20ClN3O2S. The van der Waals surface area contributed by atoms with E-state index in [0.29, 0.717) is 16.2 Å². The first-order valence-corrected chi connectivity index (χ1v) is 9.13. The van der Waals surface area contributed by atoms with Crippen LogP contribution in [0.1, 0.15) is 15.9 Å². The third kappa shape index (κ3) is 4.26. The number of rotatable bonds is 3. The van der Waals surface area contributed by atoms with E-state index >= 15 is 0 Å². The molecule has 2 aromatic rings. The summed E-state index contributed by atoms with van der Waals surface area (Å²) in [4.78, 5) is 15.5. The van der Waals surface area contributed by atoms with E-state index in [0.717, 1.165) is 42.6 Å². The summed E-state index contributed by atoms with van der Waals surface area (Å²) in [6.45, 7) is 5.12. The first-order chi connectivity index (χ1) is 12.4. The van der Waals surface area contributed by atoms with Crippen LogP contribution in [0.15, 0.2) is 42.5 Å². The second kappa shape index (κ2) is 7.93. The zero-order valence-electron chi connectivity index (χ0n) is 14.4. The van der Waals surface area contributed by atoms with Crippen molar-refractivity contribution in [2.75, 3.05) is 36.4 Å². The molecule has 0 unspecified atom stereocenters. The van der Waals surface area contributed by atoms with E-state index in [9.17, 15) is 4.79 Å². The van der Waals surface area contributed by atoms with Crippen LogP contribution in [-0.2, 0) is 0 Å². The van der Waals surface area contributed by atoms with E-state index in [4.69, 9.17) is 28.9 Å². The van der Waals surface area contributed by atoms with Crippen molar-refractivity contribution < 1.29 is 9.90 Å². The van der Waals surface area contributed by atoms with Crippen LogP contribution >= 0.6 is 23.8 Å². The summed E-state index contributed by atoms with van der Waals surface area (Å²) in [5.41, 5.74) is 2.93. The predicted octanol–water partition coefficient (Wildman–Crippen LogP) is 3.87. The summed E-state index contributed by atoms with van der Waals surface area (Å²) in [6.07, 6.45) is 0. The number of hydrogen-bond donors (Lipinski definition) is 2. The Hall–Kier alpha value is -2.31. The lowest BCUT2D eigenvalue weighted by molar-refractivity contribution is 0.0696. The number of anilines is 2. The molecule has 0 spiro atoms. The molecule has 1 heterocycles. The molecule has 0 amide bonds. The van der Waals surface area contributed by atoms with Gasteiger partial charge in [-0.15, -0.1) is 0 Å². The molecular weight excluding hydrogens is 370 g/mol. The van der Waals surface area contributed by atoms with Crippen LogP contribution in [0.4, 0.5) is 11.4 Å². The van der Waals surface area contributed by atoms with E-state index in [1.54, 1.807) is 25.1 Å². The summed E-state index contributed by atoms with van der Waals surface area (Å²) in [5.74, 6) is -0.922. The number of carboxylic acid groups (broad SMARTS) is 1. The quantitative estimate of drug-likeness (QED) is 0.777. The van der Waals surface area contributed by atoms with Crippen LogP contribution in [-0.4, -0.2) is 47.3 Å². The normalized spacial score (nSPS) is 14.2. The van der Waals surface area contributed by atoms with Gasteiger partial charge in [-0.3, -0.25) is 0 Å². The first-order valence-electron chi connectivity index (χ1n) is 8.34. The molecule has 1 fully saturated rings. The Morgan fingerprint density at radius 3 is 2.50 bits per heavy atom. The third-order valence-electron chi connectivity index (χ3n) is 4.45. The van der Waals surface area contributed by atoms with Crippen molar-refractivity contribution >= 4 is 46.3 Å². The van der Waals surface area contributed by atoms with Gasteiger partial charge < -0.3 is 20.2 Å². The molecule has 1 saturated heterocycles. The number of carbonyl (C=O) groups is 1. The smallest absolute Gasteiger partial charge is 0.335 e. The lowest BCUT2D eigenvalue weighted by atomic mass is 10.1. The highest BCUT2D eigenvalue weighted by Crippen LogP contribution is 2.21. The maximum atomic E-state index is 11.1. The largest absolute Gasteiger partial charge is 0.478 e. The van der Waals surface area contributed by atoms with Crippen LogP contribution in [0.3, 0.4) is 0 Å². The molecule has 0 aliphatic carbocycles. The number of aromatic carboxylic acids is 1. The monoisotopic (exact) mass is 389 g/mol. The number of hydrogen-bond acceptors (Lipinski definition) is 3. The number of piperazine rings is 1. The maximum Gasteiger partial charge on any atom is 0.335 e. The van der Waals surface area contributed by atoms with Gasteiger partial charge in [0.1, 0.15) is 0 Å². The summed E-state index contributed by atoms with van der Waals surface area (Å²) >= 11 is 11.6. The van der Waals surface area contributed by atoms with E-state index in [-0.39, 0.29) is 0 Å². The number of halogens is 1. The predicted molar refractivity (Wildman–Crippen MR) is 110 cm³/mol. The highest BCUT2D eigenvalue weighted by Gasteiger charge is 2.19. The van der Waals surface area contributed by atoms with Crippen LogP contribution in [0.5, 0.6) is 0 Å². The molecule has 5 nitrogen and oxygen atoms in total. The summed E-state index contributed by atoms with van der Waals surface area (Å²) in [6, 6.07) is 13.0. The van der Waals surface area contributed by atoms with Crippen molar-refractivity contribution in [1.82, 2.24) is 4.90 Å². The molecule has 2 aromatic carbocycles. The average Bonchev–Trinajstić information content (AvgIpc) is 2.61. The molecule has 0 atom stereocenters. The fourth-order valence-corrected chi connectivity index (χ4v) is 3.51. The van der Waals surface area contributed by atoms with E-state index in [2.05, 4.69) is 21.2 Å². The van der Waals surface area contributed by atoms with Crippen molar-refractivity contribution in [1.29, 1.82) is 0 Å². The van der Waals surface area contributed by atoms with Gasteiger partial charge in [-0.05, 0) is 61.1 Å². The van der Waals surface area contributed by atoms with Gasteiger partial charge in [0.2, 0.25) is 0 Å². The van der Waals surface area contributed by atoms with Crippen LogP contribution in [0, 0.1) is 6.92 Å². The van der Waals surface area contributed by atoms with Gasteiger partial charge in [-0.1, -0.05) is 17.7 Å². The SMILES string of the molecule is Cc1cc(NC(=S)N2CCN(c3cccc(Cl)c3)CC2)ccc1C(=O)O. The minimum absolute atomic E-state index is 0.302. The Balaban J connectivity index is 1.58. The zero-order chi connectivity index (χ0) is 18.7. The lowest BCUT2D eigenvalue weighted by Gasteiger charge is -2.37. The zero-order valence-corrected chi connectivity index (χ0v) is 16.0. The van der Waals surface area contributed by atoms with Gasteiger partial charge in [-0.25, -0.2) is 4.79 Å². The standard InChI is InChI=1S/C19H20ClN3O2S/c1-13-11-15(5-6-17(13)18(24)25)21-19(26)23-9-7-22(8-10-23)16-4-2-3-14(20)12-16/h2-6,11-12H,7-10H2,1H3,(H,21,26)(H,24,25). The second-order valence-electron chi connectivity index (χ2n) is 6.22. The Morgan fingerprint density at radius 1 is 1.15 bits per heavy atom. The van der Waals surface area contributed by atoms with Crippen molar-refractivity contribution in [3.63, 3.8) is 0 Å². The molecule has 0 aromatic heterocycles. The van der Waals surface area contributed by atoms with Gasteiger partial charge in [0.05, 0.1) is 5.56 Å². The molecule has 0 radical (unpaired) electrons. The molecule has 0 bridgehead atoms. The summed E-state index contributed by atoms with van der Waals surface area (Å²) < 4.78 is 0. The number of benzene rings is 2. The van der Waals surface area contributed by atoms with Gasteiger partial charge in [0.15, 0.2) is 5.11 Å². The van der Waals surface area contributed by atoms with Crippen molar-refractivity contribution in [2.45, 2.75) is 6.92 Å². The Labute approximate surface area is 163 Å². The fraction of sp³-hybridized carbons (Fsp3) is 0.263. The molecule has 7 heteroatoms. The van der Waals surface area contributed by atoms with Gasteiger partial charge in [-0.2, -0.15) is 0 Å². The van der Waals surface area contributed by atoms with Crippen LogP contribution in [0.25, 0.3) is 0 Å². The van der Waals surface area contributed by atoms with Crippen LogP contribution < -0.4 is 10.2 Å². The molecule has 0 saturated carbocycles. The van der Waals surface area contributed by atoms with E-state index in [1.165, 1.54) is 0 Å². The number of carboxylic acids is 1. The Bertz CT molecular complexity index is 835. The van der Waals surface area contributed by atoms with Gasteiger partial charge in [0, 0.05) is 42.6 Å². The summed E-state index contributed by atoms with van der Waals surface area (Å²) in [7, 11) is 0. The van der Waals surface area contributed by atoms with Gasteiger partial charge in [0.25, 0.3) is 0 Å². The maximum absolute atomic E-state index is 11.1. The molecule has 1 aliphatic rings. The number of nitrogens with one attached hydrogen (secondary N) is 1. The van der Waals surface area contributed by atoms with Crippen molar-refractivity contribution in [2.24, 2.45) is 0 Å². The minimum Gasteiger partial charge on any atom is -0.478 e. The first kappa shape index (κ1) is 18.5. The molecule has 136 valence electrons. The highest BCUT2D eigenvalue weighted by molar-refractivity contribution is 7.80. The Morgan fingerprint density at radius 2 is 1.88 bits per heavy atom. The van der Waals surface area contributed by atoms with Crippen LogP contribution in [0.2, 0.25) is 5.02 Å². The molecule has 26 heavy (non-hydrogen) atoms. The fourth-order valence-electron chi connectivity index (χ4n) is 3.02. The van der Waals surface area contributed by atoms with Crippen molar-refractivity contribution in [3.8, 4) is 0 Å². The van der Waals surface area contributed by atoms with E-state index < -0.39 is 5.97 Å². The number of thiocarbonyl (C=S) groups is 1. The summed E-state index contributed by atoms with van der Waals surface area (Å²) in [5, 5.41) is 13.7. The molecule has 1 aliphatic heterocycles. The number of nitrogens with zero attached hydrogens (tertiary/aromatic N) is 2. The highest BCUT2D eigenvalue weighted by atomic mass is 35.5. The Kier molecular flexibility index (Phi) is 5.64. The topological polar surface area (TPSA) is 55.8 Å². The van der Waals surface area contributed by atoms with Crippen molar-refractivity contribution in [3.05, 3.63) is 58.6 Å². The number of aryl methyl sites for hydroxylation is 1. The average molecular weight is 390 g/mol. The molecule has 3 rings (SSSR count). The van der Waals surface area contributed by atoms with Gasteiger partial charge >= 0.3 is 5.97 Å². The van der Waals surface area contributed by atoms with E-state index in [1.807, 2.05) is 18.2 Å². The lowest BCUT2D eigenvalue weighted by Crippen LogP contribution is -2.50. The minimum atomic E-state index is -0.922. The molecule has 2 N–H and O–H groups in total.